The summed E-state index contributed by atoms with van der Waals surface area (Å²) < 4.78 is 54.5. The molecule has 0 amide bonds. The van der Waals surface area contributed by atoms with Gasteiger partial charge in [0.1, 0.15) is 0 Å². The third-order valence-electron chi connectivity index (χ3n) is 3.68. The van der Waals surface area contributed by atoms with E-state index in [2.05, 4.69) is 6.92 Å². The smallest absolute Gasteiger partial charge is 0.207 e. The first kappa shape index (κ1) is 13.9. The fraction of sp³-hybridized carbons (Fsp3) is 0.667. The van der Waals surface area contributed by atoms with Crippen molar-refractivity contribution in [1.82, 2.24) is 0 Å². The number of benzene rings is 1. The maximum absolute atomic E-state index is 11.5. The van der Waals surface area contributed by atoms with Crippen LogP contribution >= 0.6 is 10.7 Å². The molecule has 0 aliphatic rings. The van der Waals surface area contributed by atoms with Gasteiger partial charge < -0.3 is 0 Å². The molecule has 1 aromatic carbocycles. The minimum atomic E-state index is -4.31. The highest BCUT2D eigenvalue weighted by atomic mass is 35.7. The summed E-state index contributed by atoms with van der Waals surface area (Å²) in [6.45, 7) is 2.21. The molecular formula is C18H29ClO2S. The van der Waals surface area contributed by atoms with Gasteiger partial charge in [0.05, 0.1) is 10.4 Å². The van der Waals surface area contributed by atoms with Gasteiger partial charge in [0, 0.05) is 10.7 Å². The zero-order chi connectivity index (χ0) is 19.7. The van der Waals surface area contributed by atoms with E-state index in [1.54, 1.807) is 0 Å². The van der Waals surface area contributed by atoms with Gasteiger partial charge in [-0.2, -0.15) is 0 Å². The Hall–Kier alpha value is -0.540. The molecule has 0 bridgehead atoms. The first-order valence-electron chi connectivity index (χ1n) is 10.3. The Bertz CT molecular complexity index is 664. The van der Waals surface area contributed by atoms with Crippen molar-refractivity contribution in [2.24, 2.45) is 0 Å². The second kappa shape index (κ2) is 11.1. The SMILES string of the molecule is [2H]c1c([2H])c(S(=O)(=O)Cl)c([2H])c([2H])c1CCCCCCCCCCCC. The average Bonchev–Trinajstić information content (AvgIpc) is 2.56. The number of hydrogen-bond acceptors (Lipinski definition) is 2. The van der Waals surface area contributed by atoms with Crippen molar-refractivity contribution in [3.63, 3.8) is 0 Å². The van der Waals surface area contributed by atoms with Crippen LogP contribution in [0, 0.1) is 0 Å². The minimum absolute atomic E-state index is 0.267. The summed E-state index contributed by atoms with van der Waals surface area (Å²) in [5.41, 5.74) is 0.267. The van der Waals surface area contributed by atoms with Gasteiger partial charge in [0.15, 0.2) is 0 Å². The summed E-state index contributed by atoms with van der Waals surface area (Å²) in [5.74, 6) is 0. The molecule has 0 aliphatic heterocycles. The summed E-state index contributed by atoms with van der Waals surface area (Å²) in [5, 5.41) is 0. The van der Waals surface area contributed by atoms with E-state index in [9.17, 15) is 8.42 Å². The second-order valence-electron chi connectivity index (χ2n) is 5.68. The van der Waals surface area contributed by atoms with Gasteiger partial charge in [-0.1, -0.05) is 76.8 Å². The highest BCUT2D eigenvalue weighted by molar-refractivity contribution is 8.13. The third-order valence-corrected chi connectivity index (χ3v) is 4.83. The molecule has 0 unspecified atom stereocenters. The van der Waals surface area contributed by atoms with Gasteiger partial charge in [0.2, 0.25) is 0 Å². The van der Waals surface area contributed by atoms with E-state index in [1.165, 1.54) is 44.9 Å². The quantitative estimate of drug-likeness (QED) is 0.339. The van der Waals surface area contributed by atoms with Gasteiger partial charge in [-0.25, -0.2) is 8.42 Å². The molecule has 126 valence electrons. The van der Waals surface area contributed by atoms with Crippen molar-refractivity contribution in [2.45, 2.75) is 82.4 Å². The van der Waals surface area contributed by atoms with Crippen LogP contribution in [-0.4, -0.2) is 8.42 Å². The lowest BCUT2D eigenvalue weighted by atomic mass is 10.0. The van der Waals surface area contributed by atoms with E-state index in [4.69, 9.17) is 16.2 Å². The number of unbranched alkanes of at least 4 members (excludes halogenated alkanes) is 9. The number of rotatable bonds is 12. The first-order chi connectivity index (χ1) is 12.2. The maximum atomic E-state index is 11.5. The van der Waals surface area contributed by atoms with Crippen LogP contribution in [0.3, 0.4) is 0 Å². The first-order valence-corrected chi connectivity index (χ1v) is 10.6. The Kier molecular flexibility index (Phi) is 6.97. The molecule has 0 spiro atoms. The fourth-order valence-electron chi connectivity index (χ4n) is 2.36. The third kappa shape index (κ3) is 8.79. The summed E-state index contributed by atoms with van der Waals surface area (Å²) >= 11 is 0. The van der Waals surface area contributed by atoms with Crippen molar-refractivity contribution < 1.29 is 13.9 Å². The second-order valence-corrected chi connectivity index (χ2v) is 8.18. The summed E-state index contributed by atoms with van der Waals surface area (Å²) in [7, 11) is 0.933. The lowest BCUT2D eigenvalue weighted by molar-refractivity contribution is 0.556. The van der Waals surface area contributed by atoms with Gasteiger partial charge in [-0.05, 0) is 30.5 Å². The van der Waals surface area contributed by atoms with Crippen molar-refractivity contribution in [3.8, 4) is 0 Å². The van der Waals surface area contributed by atoms with Crippen LogP contribution in [0.1, 0.15) is 82.2 Å². The van der Waals surface area contributed by atoms with Crippen LogP contribution in [0.5, 0.6) is 0 Å². The predicted octanol–water partition coefficient (Wildman–Crippen LogP) is 6.08. The molecule has 0 radical (unpaired) electrons. The zero-order valence-corrected chi connectivity index (χ0v) is 15.0. The predicted molar refractivity (Wildman–Crippen MR) is 95.0 cm³/mol. The van der Waals surface area contributed by atoms with Crippen molar-refractivity contribution in [1.29, 1.82) is 0 Å². The monoisotopic (exact) mass is 348 g/mol. The Morgan fingerprint density at radius 2 is 1.32 bits per heavy atom. The van der Waals surface area contributed by atoms with Crippen LogP contribution < -0.4 is 0 Å². The normalized spacial score (nSPS) is 14.3. The van der Waals surface area contributed by atoms with E-state index >= 15 is 0 Å². The lowest BCUT2D eigenvalue weighted by Gasteiger charge is -2.04. The molecular weight excluding hydrogens is 316 g/mol. The molecule has 0 fully saturated rings. The molecule has 22 heavy (non-hydrogen) atoms. The minimum Gasteiger partial charge on any atom is -0.207 e. The van der Waals surface area contributed by atoms with Gasteiger partial charge in [0.25, 0.3) is 9.05 Å². The van der Waals surface area contributed by atoms with Crippen molar-refractivity contribution in [2.75, 3.05) is 0 Å². The molecule has 0 aliphatic carbocycles. The maximum Gasteiger partial charge on any atom is 0.261 e. The Labute approximate surface area is 146 Å². The van der Waals surface area contributed by atoms with Crippen molar-refractivity contribution in [3.05, 3.63) is 29.7 Å². The van der Waals surface area contributed by atoms with E-state index in [-0.39, 0.29) is 17.6 Å². The molecule has 0 saturated heterocycles. The van der Waals surface area contributed by atoms with E-state index in [0.29, 0.717) is 6.42 Å². The molecule has 0 saturated carbocycles. The molecule has 1 rings (SSSR count). The summed E-state index contributed by atoms with van der Waals surface area (Å²) in [6, 6.07) is -1.77. The molecule has 0 aromatic heterocycles. The van der Waals surface area contributed by atoms with Crippen LogP contribution in [0.25, 0.3) is 0 Å². The van der Waals surface area contributed by atoms with Gasteiger partial charge >= 0.3 is 0 Å². The highest BCUT2D eigenvalue weighted by Gasteiger charge is 2.08. The van der Waals surface area contributed by atoms with E-state index in [0.717, 1.165) is 19.3 Å². The standard InChI is InChI=1S/C18H29ClO2S/c1-2-3-4-5-6-7-8-9-10-11-12-17-13-15-18(16-14-17)22(19,20)21/h13-16H,2-12H2,1H3/i13D,14D,15D,16D. The Morgan fingerprint density at radius 1 is 0.864 bits per heavy atom. The highest BCUT2D eigenvalue weighted by Crippen LogP contribution is 2.17. The fourth-order valence-corrected chi connectivity index (χ4v) is 2.94. The molecule has 0 atom stereocenters. The van der Waals surface area contributed by atoms with Gasteiger partial charge in [-0.15, -0.1) is 0 Å². The van der Waals surface area contributed by atoms with Crippen LogP contribution in [-0.2, 0) is 15.5 Å². The van der Waals surface area contributed by atoms with Crippen LogP contribution in [0.15, 0.2) is 29.1 Å². The molecule has 2 nitrogen and oxygen atoms in total. The average molecular weight is 349 g/mol. The van der Waals surface area contributed by atoms with Crippen molar-refractivity contribution >= 4 is 19.7 Å². The largest absolute Gasteiger partial charge is 0.261 e. The topological polar surface area (TPSA) is 34.1 Å². The van der Waals surface area contributed by atoms with Crippen LogP contribution in [0.4, 0.5) is 0 Å². The van der Waals surface area contributed by atoms with E-state index < -0.39 is 26.0 Å². The molecule has 1 aromatic rings. The molecule has 4 heteroatoms. The Morgan fingerprint density at radius 3 is 1.77 bits per heavy atom. The van der Waals surface area contributed by atoms with Gasteiger partial charge in [-0.3, -0.25) is 0 Å². The molecule has 0 heterocycles. The molecule has 0 N–H and O–H groups in total. The number of hydrogen-bond donors (Lipinski definition) is 0. The summed E-state index contributed by atoms with van der Waals surface area (Å²) in [6.07, 6.45) is 12.1. The Balaban J connectivity index is 2.52. The number of halogens is 1. The van der Waals surface area contributed by atoms with E-state index in [1.807, 2.05) is 0 Å². The lowest BCUT2D eigenvalue weighted by Crippen LogP contribution is -1.92. The zero-order valence-electron chi connectivity index (χ0n) is 17.4. The summed E-state index contributed by atoms with van der Waals surface area (Å²) in [4.78, 5) is -0.735. The van der Waals surface area contributed by atoms with Crippen LogP contribution in [0.2, 0.25) is 0 Å².